The number of hydrogen-bond acceptors (Lipinski definition) is 2. The molecule has 0 atom stereocenters. The Morgan fingerprint density at radius 3 is 2.71 bits per heavy atom. The number of aromatic nitrogens is 1. The highest BCUT2D eigenvalue weighted by Crippen LogP contribution is 2.23. The van der Waals surface area contributed by atoms with Crippen LogP contribution >= 0.6 is 11.6 Å². The van der Waals surface area contributed by atoms with Crippen LogP contribution in [0, 0.1) is 0 Å². The first-order chi connectivity index (χ1) is 10.0. The Balaban J connectivity index is 2.25. The molecule has 2 heterocycles. The first-order valence-electron chi connectivity index (χ1n) is 7.93. The topological polar surface area (TPSA) is 37.3 Å². The molecule has 1 aromatic rings. The molecule has 0 aliphatic carbocycles. The number of hydrogen-bond donors (Lipinski definition) is 1. The Morgan fingerprint density at radius 2 is 2.14 bits per heavy atom. The molecular formula is C16H26ClN3O. The zero-order valence-corrected chi connectivity index (χ0v) is 14.0. The predicted octanol–water partition coefficient (Wildman–Crippen LogP) is 3.33. The van der Waals surface area contributed by atoms with Crippen molar-refractivity contribution >= 4 is 17.5 Å². The van der Waals surface area contributed by atoms with E-state index in [-0.39, 0.29) is 11.9 Å². The van der Waals surface area contributed by atoms with Crippen LogP contribution in [-0.4, -0.2) is 41.1 Å². The molecule has 1 aliphatic rings. The Morgan fingerprint density at radius 1 is 1.48 bits per heavy atom. The van der Waals surface area contributed by atoms with Crippen LogP contribution in [0.5, 0.6) is 0 Å². The fraction of sp³-hybridized carbons (Fsp3) is 0.688. The van der Waals surface area contributed by atoms with Gasteiger partial charge in [-0.2, -0.15) is 0 Å². The second kappa shape index (κ2) is 7.32. The van der Waals surface area contributed by atoms with Gasteiger partial charge in [-0.3, -0.25) is 4.79 Å². The number of halogens is 1. The molecule has 21 heavy (non-hydrogen) atoms. The molecule has 0 saturated carbocycles. The van der Waals surface area contributed by atoms with Gasteiger partial charge in [0.05, 0.1) is 5.02 Å². The lowest BCUT2D eigenvalue weighted by atomic mass is 10.0. The Bertz CT molecular complexity index is 478. The lowest BCUT2D eigenvalue weighted by Gasteiger charge is -2.35. The Hall–Kier alpha value is -1.00. The monoisotopic (exact) mass is 311 g/mol. The quantitative estimate of drug-likeness (QED) is 0.905. The number of rotatable bonds is 5. The minimum atomic E-state index is 0.115. The summed E-state index contributed by atoms with van der Waals surface area (Å²) in [5.41, 5.74) is 0.710. The van der Waals surface area contributed by atoms with Crippen LogP contribution in [0.3, 0.4) is 0 Å². The van der Waals surface area contributed by atoms with Gasteiger partial charge < -0.3 is 14.8 Å². The summed E-state index contributed by atoms with van der Waals surface area (Å²) < 4.78 is 1.98. The molecule has 1 aliphatic heterocycles. The fourth-order valence-electron chi connectivity index (χ4n) is 3.00. The van der Waals surface area contributed by atoms with Gasteiger partial charge in [0, 0.05) is 24.8 Å². The van der Waals surface area contributed by atoms with Crippen LogP contribution < -0.4 is 5.32 Å². The van der Waals surface area contributed by atoms with E-state index in [1.165, 1.54) is 0 Å². The summed E-state index contributed by atoms with van der Waals surface area (Å²) in [5, 5.41) is 3.99. The van der Waals surface area contributed by atoms with Gasteiger partial charge in [-0.25, -0.2) is 0 Å². The van der Waals surface area contributed by atoms with E-state index in [0.717, 1.165) is 38.9 Å². The second-order valence-corrected chi connectivity index (χ2v) is 6.46. The molecule has 2 rings (SSSR count). The normalized spacial score (nSPS) is 16.4. The van der Waals surface area contributed by atoms with Crippen molar-refractivity contribution in [3.63, 3.8) is 0 Å². The molecular weight excluding hydrogens is 286 g/mol. The summed E-state index contributed by atoms with van der Waals surface area (Å²) in [4.78, 5) is 15.0. The van der Waals surface area contributed by atoms with Gasteiger partial charge in [0.15, 0.2) is 0 Å². The maximum absolute atomic E-state index is 13.0. The SMILES string of the molecule is CCCN(C(=O)c1cc(Cl)cn1C(C)C)C1CCNCC1. The average Bonchev–Trinajstić information content (AvgIpc) is 2.87. The molecule has 0 aromatic carbocycles. The van der Waals surface area contributed by atoms with E-state index in [9.17, 15) is 4.79 Å². The summed E-state index contributed by atoms with van der Waals surface area (Å²) in [5.74, 6) is 0.115. The van der Waals surface area contributed by atoms with Gasteiger partial charge in [-0.05, 0) is 52.3 Å². The summed E-state index contributed by atoms with van der Waals surface area (Å²) in [6.07, 6.45) is 4.89. The number of carbonyl (C=O) groups is 1. The van der Waals surface area contributed by atoms with E-state index in [1.807, 2.05) is 15.7 Å². The summed E-state index contributed by atoms with van der Waals surface area (Å²) in [6, 6.07) is 2.37. The van der Waals surface area contributed by atoms with Crippen molar-refractivity contribution in [2.24, 2.45) is 0 Å². The highest BCUT2D eigenvalue weighted by Gasteiger charge is 2.27. The molecule has 1 saturated heterocycles. The van der Waals surface area contributed by atoms with Crippen LogP contribution in [0.4, 0.5) is 0 Å². The van der Waals surface area contributed by atoms with Crippen molar-refractivity contribution in [2.75, 3.05) is 19.6 Å². The fourth-order valence-corrected chi connectivity index (χ4v) is 3.21. The van der Waals surface area contributed by atoms with Crippen LogP contribution in [-0.2, 0) is 0 Å². The molecule has 1 fully saturated rings. The predicted molar refractivity (Wildman–Crippen MR) is 87.0 cm³/mol. The van der Waals surface area contributed by atoms with Crippen molar-refractivity contribution in [3.05, 3.63) is 23.0 Å². The van der Waals surface area contributed by atoms with Gasteiger partial charge in [0.25, 0.3) is 5.91 Å². The van der Waals surface area contributed by atoms with Crippen molar-refractivity contribution in [2.45, 2.75) is 52.1 Å². The molecule has 0 radical (unpaired) electrons. The summed E-state index contributed by atoms with van der Waals surface area (Å²) in [7, 11) is 0. The van der Waals surface area contributed by atoms with E-state index in [2.05, 4.69) is 26.1 Å². The largest absolute Gasteiger partial charge is 0.339 e. The molecule has 0 spiro atoms. The number of nitrogens with zero attached hydrogens (tertiary/aromatic N) is 2. The molecule has 5 heteroatoms. The van der Waals surface area contributed by atoms with Gasteiger partial charge in [0.1, 0.15) is 5.69 Å². The van der Waals surface area contributed by atoms with E-state index >= 15 is 0 Å². The standard InChI is InChI=1S/C16H26ClN3O/c1-4-9-19(14-5-7-18-8-6-14)16(21)15-10-13(17)11-20(15)12(2)3/h10-12,14,18H,4-9H2,1-3H3. The maximum atomic E-state index is 13.0. The third kappa shape index (κ3) is 3.80. The zero-order valence-electron chi connectivity index (χ0n) is 13.2. The molecule has 1 N–H and O–H groups in total. The van der Waals surface area contributed by atoms with Crippen LogP contribution in [0.2, 0.25) is 5.02 Å². The molecule has 118 valence electrons. The number of carbonyl (C=O) groups excluding carboxylic acids is 1. The lowest BCUT2D eigenvalue weighted by molar-refractivity contribution is 0.0630. The highest BCUT2D eigenvalue weighted by molar-refractivity contribution is 6.31. The molecule has 1 aromatic heterocycles. The van der Waals surface area contributed by atoms with Crippen LogP contribution in [0.1, 0.15) is 56.6 Å². The van der Waals surface area contributed by atoms with E-state index in [1.54, 1.807) is 6.07 Å². The van der Waals surface area contributed by atoms with E-state index in [0.29, 0.717) is 16.8 Å². The lowest BCUT2D eigenvalue weighted by Crippen LogP contribution is -2.47. The first-order valence-corrected chi connectivity index (χ1v) is 8.31. The number of nitrogens with one attached hydrogen (secondary N) is 1. The highest BCUT2D eigenvalue weighted by atomic mass is 35.5. The average molecular weight is 312 g/mol. The van der Waals surface area contributed by atoms with Crippen molar-refractivity contribution in [1.29, 1.82) is 0 Å². The third-order valence-corrected chi connectivity index (χ3v) is 4.27. The number of amides is 1. The third-order valence-electron chi connectivity index (χ3n) is 4.07. The minimum absolute atomic E-state index is 0.115. The van der Waals surface area contributed by atoms with Gasteiger partial charge >= 0.3 is 0 Å². The number of piperidine rings is 1. The van der Waals surface area contributed by atoms with E-state index in [4.69, 9.17) is 11.6 Å². The van der Waals surface area contributed by atoms with Crippen molar-refractivity contribution in [1.82, 2.24) is 14.8 Å². The van der Waals surface area contributed by atoms with Gasteiger partial charge in [-0.1, -0.05) is 18.5 Å². The van der Waals surface area contributed by atoms with Gasteiger partial charge in [-0.15, -0.1) is 0 Å². The van der Waals surface area contributed by atoms with Crippen LogP contribution in [0.15, 0.2) is 12.3 Å². The van der Waals surface area contributed by atoms with Gasteiger partial charge in [0.2, 0.25) is 0 Å². The molecule has 0 bridgehead atoms. The Labute approximate surface area is 132 Å². The molecule has 0 unspecified atom stereocenters. The van der Waals surface area contributed by atoms with Crippen molar-refractivity contribution < 1.29 is 4.79 Å². The van der Waals surface area contributed by atoms with E-state index < -0.39 is 0 Å². The second-order valence-electron chi connectivity index (χ2n) is 6.02. The smallest absolute Gasteiger partial charge is 0.270 e. The summed E-state index contributed by atoms with van der Waals surface area (Å²) >= 11 is 6.12. The minimum Gasteiger partial charge on any atom is -0.339 e. The van der Waals surface area contributed by atoms with Crippen LogP contribution in [0.25, 0.3) is 0 Å². The molecule has 1 amide bonds. The zero-order chi connectivity index (χ0) is 15.4. The Kier molecular flexibility index (Phi) is 5.71. The van der Waals surface area contributed by atoms with Crippen molar-refractivity contribution in [3.8, 4) is 0 Å². The molecule has 4 nitrogen and oxygen atoms in total. The summed E-state index contributed by atoms with van der Waals surface area (Å²) in [6.45, 7) is 9.05. The maximum Gasteiger partial charge on any atom is 0.270 e. The first kappa shape index (κ1) is 16.4.